The first-order valence-corrected chi connectivity index (χ1v) is 12.2. The van der Waals surface area contributed by atoms with Gasteiger partial charge in [-0.2, -0.15) is 0 Å². The Morgan fingerprint density at radius 1 is 1.23 bits per heavy atom. The highest BCUT2D eigenvalue weighted by Gasteiger charge is 2.30. The van der Waals surface area contributed by atoms with Crippen molar-refractivity contribution in [3.63, 3.8) is 0 Å². The topological polar surface area (TPSA) is 102 Å². The molecular weight excluding hydrogens is 497 g/mol. The Bertz CT molecular complexity index is 1040. The van der Waals surface area contributed by atoms with E-state index < -0.39 is 5.91 Å². The number of likely N-dealkylation sites (tertiary alicyclic amines) is 1. The van der Waals surface area contributed by atoms with Crippen molar-refractivity contribution in [2.24, 2.45) is 5.92 Å². The molecule has 0 radical (unpaired) electrons. The Kier molecular flexibility index (Phi) is 9.94. The van der Waals surface area contributed by atoms with E-state index >= 15 is 0 Å². The number of aromatic nitrogens is 1. The molecule has 9 nitrogen and oxygen atoms in total. The van der Waals surface area contributed by atoms with Crippen LogP contribution in [-0.4, -0.2) is 79.2 Å². The Hall–Kier alpha value is -2.62. The van der Waals surface area contributed by atoms with Crippen LogP contribution in [0.1, 0.15) is 36.7 Å². The van der Waals surface area contributed by atoms with Gasteiger partial charge in [-0.05, 0) is 38.0 Å². The maximum atomic E-state index is 13.1. The monoisotopic (exact) mass is 525 g/mol. The van der Waals surface area contributed by atoms with Crippen molar-refractivity contribution < 1.29 is 28.4 Å². The van der Waals surface area contributed by atoms with E-state index in [9.17, 15) is 14.4 Å². The summed E-state index contributed by atoms with van der Waals surface area (Å²) in [5.41, 5.74) is 0.650. The zero-order valence-corrected chi connectivity index (χ0v) is 21.3. The normalized spacial score (nSPS) is 15.7. The van der Waals surface area contributed by atoms with E-state index in [4.69, 9.17) is 37.2 Å². The fourth-order valence-electron chi connectivity index (χ4n) is 3.92. The van der Waals surface area contributed by atoms with Crippen molar-refractivity contribution in [1.82, 2.24) is 15.0 Å². The minimum Gasteiger partial charge on any atom is -0.466 e. The molecule has 2 heterocycles. The zero-order valence-electron chi connectivity index (χ0n) is 19.8. The van der Waals surface area contributed by atoms with Crippen LogP contribution in [0.3, 0.4) is 0 Å². The van der Waals surface area contributed by atoms with Gasteiger partial charge in [0.1, 0.15) is 0 Å². The number of halogens is 2. The average Bonchev–Trinajstić information content (AvgIpc) is 3.33. The number of rotatable bonds is 10. The molecule has 1 aromatic heterocycles. The number of carbonyl (C=O) groups is 3. The van der Waals surface area contributed by atoms with Gasteiger partial charge in [0.25, 0.3) is 5.91 Å². The smallest absolute Gasteiger partial charge is 0.310 e. The van der Waals surface area contributed by atoms with Gasteiger partial charge in [0.15, 0.2) is 11.5 Å². The summed E-state index contributed by atoms with van der Waals surface area (Å²) in [6.45, 7) is 3.73. The number of esters is 1. The van der Waals surface area contributed by atoms with E-state index in [0.29, 0.717) is 54.1 Å². The van der Waals surface area contributed by atoms with Gasteiger partial charge in [-0.15, -0.1) is 0 Å². The van der Waals surface area contributed by atoms with Gasteiger partial charge >= 0.3 is 5.97 Å². The van der Waals surface area contributed by atoms with Crippen LogP contribution < -0.4 is 0 Å². The summed E-state index contributed by atoms with van der Waals surface area (Å²) in [6, 6.07) is 6.43. The van der Waals surface area contributed by atoms with Crippen molar-refractivity contribution in [1.29, 1.82) is 0 Å². The highest BCUT2D eigenvalue weighted by atomic mass is 35.5. The van der Waals surface area contributed by atoms with Crippen molar-refractivity contribution in [3.8, 4) is 11.3 Å². The number of hydrogen-bond donors (Lipinski definition) is 0. The minimum atomic E-state index is -0.391. The molecule has 1 aliphatic heterocycles. The van der Waals surface area contributed by atoms with Crippen LogP contribution in [0.5, 0.6) is 0 Å². The third-order valence-corrected chi connectivity index (χ3v) is 6.32. The minimum absolute atomic E-state index is 0.0925. The van der Waals surface area contributed by atoms with Crippen LogP contribution in [0.4, 0.5) is 0 Å². The quantitative estimate of drug-likeness (QED) is 0.433. The Morgan fingerprint density at radius 3 is 2.74 bits per heavy atom. The molecule has 1 saturated heterocycles. The summed E-state index contributed by atoms with van der Waals surface area (Å²) in [5, 5.41) is 4.75. The van der Waals surface area contributed by atoms with Crippen molar-refractivity contribution in [2.75, 3.05) is 46.5 Å². The molecule has 1 aliphatic rings. The molecule has 2 aromatic rings. The fourth-order valence-corrected chi connectivity index (χ4v) is 4.42. The molecular formula is C24H29Cl2N3O6. The largest absolute Gasteiger partial charge is 0.466 e. The van der Waals surface area contributed by atoms with E-state index in [-0.39, 0.29) is 43.0 Å². The molecule has 3 rings (SSSR count). The summed E-state index contributed by atoms with van der Waals surface area (Å²) in [4.78, 5) is 41.3. The van der Waals surface area contributed by atoms with E-state index in [1.165, 1.54) is 18.1 Å². The van der Waals surface area contributed by atoms with Crippen LogP contribution in [0, 0.1) is 5.92 Å². The fraction of sp³-hybridized carbons (Fsp3) is 0.500. The van der Waals surface area contributed by atoms with E-state index in [1.54, 1.807) is 30.0 Å². The molecule has 0 unspecified atom stereocenters. The van der Waals surface area contributed by atoms with Crippen LogP contribution >= 0.6 is 23.2 Å². The summed E-state index contributed by atoms with van der Waals surface area (Å²) in [5.74, 6) is -0.770. The predicted molar refractivity (Wildman–Crippen MR) is 130 cm³/mol. The molecule has 0 N–H and O–H groups in total. The molecule has 190 valence electrons. The Morgan fingerprint density at radius 2 is 2.03 bits per heavy atom. The van der Waals surface area contributed by atoms with E-state index in [1.807, 2.05) is 0 Å². The SMILES string of the molecule is CCOC(=O)[C@H]1CCCN(C(=O)CCN(CCOC)C(=O)c2cc(-c3ccc(Cl)cc3Cl)on2)C1. The lowest BCUT2D eigenvalue weighted by Gasteiger charge is -2.32. The van der Waals surface area contributed by atoms with Gasteiger partial charge in [-0.3, -0.25) is 14.4 Å². The lowest BCUT2D eigenvalue weighted by molar-refractivity contribution is -0.151. The number of benzene rings is 1. The molecule has 0 saturated carbocycles. The maximum absolute atomic E-state index is 13.1. The first kappa shape index (κ1) is 27.0. The summed E-state index contributed by atoms with van der Waals surface area (Å²) in [7, 11) is 1.54. The average molecular weight is 526 g/mol. The molecule has 1 fully saturated rings. The first-order chi connectivity index (χ1) is 16.8. The maximum Gasteiger partial charge on any atom is 0.310 e. The molecule has 1 aromatic carbocycles. The second-order valence-corrected chi connectivity index (χ2v) is 9.01. The van der Waals surface area contributed by atoms with Crippen molar-refractivity contribution >= 4 is 41.0 Å². The van der Waals surface area contributed by atoms with Gasteiger partial charge in [0.05, 0.1) is 24.2 Å². The zero-order chi connectivity index (χ0) is 25.4. The van der Waals surface area contributed by atoms with Crippen LogP contribution in [0.15, 0.2) is 28.8 Å². The standard InChI is InChI=1S/C24H29Cl2N3O6/c1-3-34-24(32)16-5-4-9-29(15-16)22(30)8-10-28(11-12-33-2)23(31)20-14-21(35-27-20)18-7-6-17(25)13-19(18)26/h6-7,13-14,16H,3-5,8-12,15H2,1-2H3/t16-/m0/s1. The molecule has 0 bridgehead atoms. The van der Waals surface area contributed by atoms with Gasteiger partial charge in [-0.25, -0.2) is 0 Å². The lowest BCUT2D eigenvalue weighted by Crippen LogP contribution is -2.44. The molecule has 35 heavy (non-hydrogen) atoms. The summed E-state index contributed by atoms with van der Waals surface area (Å²) < 4.78 is 15.6. The number of amides is 2. The van der Waals surface area contributed by atoms with Crippen molar-refractivity contribution in [2.45, 2.75) is 26.2 Å². The number of nitrogens with zero attached hydrogens (tertiary/aromatic N) is 3. The molecule has 11 heteroatoms. The number of ether oxygens (including phenoxy) is 2. The highest BCUT2D eigenvalue weighted by Crippen LogP contribution is 2.31. The molecule has 1 atom stereocenters. The van der Waals surface area contributed by atoms with Crippen molar-refractivity contribution in [3.05, 3.63) is 40.0 Å². The second-order valence-electron chi connectivity index (χ2n) is 8.17. The van der Waals surface area contributed by atoms with Gasteiger partial charge in [0.2, 0.25) is 5.91 Å². The van der Waals surface area contributed by atoms with Crippen LogP contribution in [0.2, 0.25) is 10.0 Å². The van der Waals surface area contributed by atoms with Gasteiger partial charge < -0.3 is 23.8 Å². The van der Waals surface area contributed by atoms with Gasteiger partial charge in [0, 0.05) is 56.4 Å². The second kappa shape index (κ2) is 12.9. The lowest BCUT2D eigenvalue weighted by atomic mass is 9.98. The third kappa shape index (κ3) is 7.19. The van der Waals surface area contributed by atoms with Crippen LogP contribution in [-0.2, 0) is 19.1 Å². The predicted octanol–water partition coefficient (Wildman–Crippen LogP) is 3.93. The first-order valence-electron chi connectivity index (χ1n) is 11.5. The number of carbonyl (C=O) groups excluding carboxylic acids is 3. The molecule has 0 aliphatic carbocycles. The number of hydrogen-bond acceptors (Lipinski definition) is 7. The number of piperidine rings is 1. The summed E-state index contributed by atoms with van der Waals surface area (Å²) >= 11 is 12.2. The number of methoxy groups -OCH3 is 1. The molecule has 0 spiro atoms. The van der Waals surface area contributed by atoms with E-state index in [0.717, 1.165) is 6.42 Å². The van der Waals surface area contributed by atoms with Crippen LogP contribution in [0.25, 0.3) is 11.3 Å². The molecule has 2 amide bonds. The van der Waals surface area contributed by atoms with Gasteiger partial charge in [-0.1, -0.05) is 28.4 Å². The summed E-state index contributed by atoms with van der Waals surface area (Å²) in [6.07, 6.45) is 1.54. The highest BCUT2D eigenvalue weighted by molar-refractivity contribution is 6.36. The Labute approximate surface area is 214 Å². The Balaban J connectivity index is 1.64. The third-order valence-electron chi connectivity index (χ3n) is 5.77. The van der Waals surface area contributed by atoms with E-state index in [2.05, 4.69) is 5.16 Å².